The molecule has 2 heteroatoms. The number of nitrogens with zero attached hydrogens (tertiary/aromatic N) is 1. The van der Waals surface area contributed by atoms with E-state index in [9.17, 15) is 0 Å². The van der Waals surface area contributed by atoms with Gasteiger partial charge in [-0.1, -0.05) is 28.1 Å². The minimum absolute atomic E-state index is 1.01. The third-order valence-corrected chi connectivity index (χ3v) is 3.09. The molecular formula is C12H8BrN. The highest BCUT2D eigenvalue weighted by Crippen LogP contribution is 2.35. The average molecular weight is 246 g/mol. The maximum absolute atomic E-state index is 4.41. The maximum Gasteiger partial charge on any atom is 0.0740 e. The van der Waals surface area contributed by atoms with E-state index in [-0.39, 0.29) is 0 Å². The molecule has 1 aliphatic carbocycles. The molecule has 0 fully saturated rings. The van der Waals surface area contributed by atoms with Gasteiger partial charge in [-0.3, -0.25) is 4.98 Å². The van der Waals surface area contributed by atoms with E-state index >= 15 is 0 Å². The summed E-state index contributed by atoms with van der Waals surface area (Å²) in [6, 6.07) is 10.5. The SMILES string of the molecule is Brc1ccc2c(c1)Cc1cccnc1-2. The first-order chi connectivity index (χ1) is 6.84. The summed E-state index contributed by atoms with van der Waals surface area (Å²) >= 11 is 3.49. The Bertz CT molecular complexity index is 505. The third kappa shape index (κ3) is 1.11. The molecule has 0 amide bonds. The first-order valence-electron chi connectivity index (χ1n) is 4.57. The standard InChI is InChI=1S/C12H8BrN/c13-10-3-4-11-9(7-10)6-8-2-1-5-14-12(8)11/h1-5,7H,6H2. The lowest BCUT2D eigenvalue weighted by atomic mass is 10.1. The molecule has 0 bridgehead atoms. The quantitative estimate of drug-likeness (QED) is 0.592. The van der Waals surface area contributed by atoms with Crippen LogP contribution in [0.3, 0.4) is 0 Å². The lowest BCUT2D eigenvalue weighted by Gasteiger charge is -1.98. The summed E-state index contributed by atoms with van der Waals surface area (Å²) in [4.78, 5) is 4.41. The summed E-state index contributed by atoms with van der Waals surface area (Å²) < 4.78 is 1.14. The molecule has 0 saturated heterocycles. The Morgan fingerprint density at radius 2 is 2.07 bits per heavy atom. The van der Waals surface area contributed by atoms with Gasteiger partial charge < -0.3 is 0 Å². The van der Waals surface area contributed by atoms with Gasteiger partial charge in [-0.15, -0.1) is 0 Å². The highest BCUT2D eigenvalue weighted by atomic mass is 79.9. The van der Waals surface area contributed by atoms with Crippen molar-refractivity contribution in [2.45, 2.75) is 6.42 Å². The molecule has 0 N–H and O–H groups in total. The summed E-state index contributed by atoms with van der Waals surface area (Å²) in [5.41, 5.74) is 5.13. The second-order valence-electron chi connectivity index (χ2n) is 3.49. The lowest BCUT2D eigenvalue weighted by molar-refractivity contribution is 1.23. The monoisotopic (exact) mass is 245 g/mol. The van der Waals surface area contributed by atoms with Crippen molar-refractivity contribution in [2.24, 2.45) is 0 Å². The van der Waals surface area contributed by atoms with E-state index in [1.807, 2.05) is 12.3 Å². The van der Waals surface area contributed by atoms with E-state index in [0.29, 0.717) is 0 Å². The number of hydrogen-bond acceptors (Lipinski definition) is 1. The molecule has 0 spiro atoms. The second-order valence-corrected chi connectivity index (χ2v) is 4.41. The van der Waals surface area contributed by atoms with E-state index < -0.39 is 0 Å². The zero-order valence-corrected chi connectivity index (χ0v) is 9.08. The maximum atomic E-state index is 4.41. The molecule has 1 aromatic carbocycles. The van der Waals surface area contributed by atoms with E-state index in [0.717, 1.165) is 16.6 Å². The van der Waals surface area contributed by atoms with Crippen LogP contribution in [-0.2, 0) is 6.42 Å². The van der Waals surface area contributed by atoms with Crippen molar-refractivity contribution < 1.29 is 0 Å². The van der Waals surface area contributed by atoms with E-state index in [2.05, 4.69) is 45.2 Å². The topological polar surface area (TPSA) is 12.9 Å². The van der Waals surface area contributed by atoms with Crippen LogP contribution < -0.4 is 0 Å². The van der Waals surface area contributed by atoms with Crippen molar-refractivity contribution in [1.29, 1.82) is 0 Å². The number of halogens is 1. The molecule has 14 heavy (non-hydrogen) atoms. The molecule has 2 aromatic rings. The second kappa shape index (κ2) is 2.92. The lowest BCUT2D eigenvalue weighted by Crippen LogP contribution is -1.81. The highest BCUT2D eigenvalue weighted by molar-refractivity contribution is 9.10. The summed E-state index contributed by atoms with van der Waals surface area (Å²) in [6.07, 6.45) is 2.87. The molecule has 68 valence electrons. The van der Waals surface area contributed by atoms with Crippen LogP contribution >= 0.6 is 15.9 Å². The third-order valence-electron chi connectivity index (χ3n) is 2.59. The predicted molar refractivity (Wildman–Crippen MR) is 60.2 cm³/mol. The van der Waals surface area contributed by atoms with Gasteiger partial charge in [0.2, 0.25) is 0 Å². The number of benzene rings is 1. The predicted octanol–water partition coefficient (Wildman–Crippen LogP) is 3.42. The summed E-state index contributed by atoms with van der Waals surface area (Å²) in [7, 11) is 0. The van der Waals surface area contributed by atoms with Gasteiger partial charge in [-0.2, -0.15) is 0 Å². The van der Waals surface area contributed by atoms with Crippen LogP contribution in [0.5, 0.6) is 0 Å². The molecule has 0 radical (unpaired) electrons. The normalized spacial score (nSPS) is 12.4. The van der Waals surface area contributed by atoms with Gasteiger partial charge in [-0.25, -0.2) is 0 Å². The van der Waals surface area contributed by atoms with Crippen LogP contribution in [0.15, 0.2) is 41.0 Å². The Labute approximate surface area is 90.9 Å². The molecule has 0 aliphatic heterocycles. The number of aromatic nitrogens is 1. The van der Waals surface area contributed by atoms with E-state index in [1.165, 1.54) is 16.7 Å². The molecular weight excluding hydrogens is 238 g/mol. The van der Waals surface area contributed by atoms with Crippen molar-refractivity contribution in [3.63, 3.8) is 0 Å². The minimum Gasteiger partial charge on any atom is -0.256 e. The first kappa shape index (κ1) is 8.18. The van der Waals surface area contributed by atoms with Crippen molar-refractivity contribution >= 4 is 15.9 Å². The molecule has 0 atom stereocenters. The minimum atomic E-state index is 1.01. The molecule has 1 aliphatic rings. The van der Waals surface area contributed by atoms with Crippen molar-refractivity contribution in [3.8, 4) is 11.3 Å². The van der Waals surface area contributed by atoms with Gasteiger partial charge in [-0.05, 0) is 29.3 Å². The first-order valence-corrected chi connectivity index (χ1v) is 5.36. The Kier molecular flexibility index (Phi) is 1.71. The van der Waals surface area contributed by atoms with Crippen molar-refractivity contribution in [3.05, 3.63) is 52.1 Å². The summed E-state index contributed by atoms with van der Waals surface area (Å²) in [5, 5.41) is 0. The number of hydrogen-bond donors (Lipinski definition) is 0. The highest BCUT2D eigenvalue weighted by Gasteiger charge is 2.18. The molecule has 3 rings (SSSR count). The van der Waals surface area contributed by atoms with Gasteiger partial charge in [0.15, 0.2) is 0 Å². The fourth-order valence-corrected chi connectivity index (χ4v) is 2.38. The van der Waals surface area contributed by atoms with E-state index in [1.54, 1.807) is 0 Å². The van der Waals surface area contributed by atoms with Crippen LogP contribution in [0.25, 0.3) is 11.3 Å². The molecule has 0 saturated carbocycles. The van der Waals surface area contributed by atoms with Crippen LogP contribution in [0, 0.1) is 0 Å². The van der Waals surface area contributed by atoms with Crippen LogP contribution in [0.4, 0.5) is 0 Å². The summed E-state index contributed by atoms with van der Waals surface area (Å²) in [5.74, 6) is 0. The Morgan fingerprint density at radius 1 is 1.14 bits per heavy atom. The Balaban J connectivity index is 2.27. The van der Waals surface area contributed by atoms with Crippen LogP contribution in [0.2, 0.25) is 0 Å². The molecule has 1 nitrogen and oxygen atoms in total. The zero-order chi connectivity index (χ0) is 9.54. The Morgan fingerprint density at radius 3 is 3.00 bits per heavy atom. The Hall–Kier alpha value is -1.15. The van der Waals surface area contributed by atoms with Gasteiger partial charge in [0.05, 0.1) is 5.69 Å². The molecule has 0 unspecified atom stereocenters. The fraction of sp³-hybridized carbons (Fsp3) is 0.0833. The number of fused-ring (bicyclic) bond motifs is 3. The number of pyridine rings is 1. The molecule has 1 aromatic heterocycles. The van der Waals surface area contributed by atoms with Gasteiger partial charge in [0.1, 0.15) is 0 Å². The van der Waals surface area contributed by atoms with Crippen LogP contribution in [-0.4, -0.2) is 4.98 Å². The van der Waals surface area contributed by atoms with Crippen molar-refractivity contribution in [1.82, 2.24) is 4.98 Å². The smallest absolute Gasteiger partial charge is 0.0740 e. The van der Waals surface area contributed by atoms with E-state index in [4.69, 9.17) is 0 Å². The molecule has 1 heterocycles. The summed E-state index contributed by atoms with van der Waals surface area (Å²) in [6.45, 7) is 0. The zero-order valence-electron chi connectivity index (χ0n) is 7.50. The number of rotatable bonds is 0. The van der Waals surface area contributed by atoms with Gasteiger partial charge in [0.25, 0.3) is 0 Å². The van der Waals surface area contributed by atoms with Crippen molar-refractivity contribution in [2.75, 3.05) is 0 Å². The average Bonchev–Trinajstić information content (AvgIpc) is 2.54. The van der Waals surface area contributed by atoms with Gasteiger partial charge in [0, 0.05) is 22.7 Å². The fourth-order valence-electron chi connectivity index (χ4n) is 1.97. The largest absolute Gasteiger partial charge is 0.256 e. The van der Waals surface area contributed by atoms with Gasteiger partial charge >= 0.3 is 0 Å². The van der Waals surface area contributed by atoms with Crippen LogP contribution in [0.1, 0.15) is 11.1 Å².